The molecule has 2 saturated carbocycles. The van der Waals surface area contributed by atoms with Crippen molar-refractivity contribution >= 4 is 28.7 Å². The molecule has 2 fully saturated rings. The summed E-state index contributed by atoms with van der Waals surface area (Å²) in [5.41, 5.74) is 0.546. The summed E-state index contributed by atoms with van der Waals surface area (Å²) in [5.74, 6) is 0.0687. The van der Waals surface area contributed by atoms with Gasteiger partial charge in [0, 0.05) is 26.8 Å². The summed E-state index contributed by atoms with van der Waals surface area (Å²) in [5, 5.41) is 42.7. The Morgan fingerprint density at radius 3 is 2.94 bits per heavy atom. The van der Waals surface area contributed by atoms with Gasteiger partial charge in [0.25, 0.3) is 0 Å². The fourth-order valence-electron chi connectivity index (χ4n) is 3.79. The average molecular weight is 529 g/mol. The molecule has 0 saturated heterocycles. The third-order valence-corrected chi connectivity index (χ3v) is 6.81. The van der Waals surface area contributed by atoms with Gasteiger partial charge in [0.15, 0.2) is 22.1 Å². The molecular formula is C24H31FN6O4S. The van der Waals surface area contributed by atoms with Crippen LogP contribution in [0.2, 0.25) is 0 Å². The van der Waals surface area contributed by atoms with E-state index in [4.69, 9.17) is 13.7 Å². The Kier molecular flexibility index (Phi) is 4.62. The van der Waals surface area contributed by atoms with Crippen molar-refractivity contribution in [1.29, 1.82) is 0 Å². The van der Waals surface area contributed by atoms with E-state index in [0.717, 1.165) is 17.3 Å². The summed E-state index contributed by atoms with van der Waals surface area (Å²) >= 11 is 1.15. The van der Waals surface area contributed by atoms with E-state index >= 15 is 0 Å². The molecule has 12 heteroatoms. The molecule has 0 bridgehead atoms. The number of rotatable bonds is 10. The summed E-state index contributed by atoms with van der Waals surface area (Å²) in [7, 11) is 0. The normalized spacial score (nSPS) is 42.1. The molecule has 1 aromatic carbocycles. The maximum atomic E-state index is 14.2. The number of anilines is 1. The van der Waals surface area contributed by atoms with Gasteiger partial charge < -0.3 is 25.4 Å². The van der Waals surface area contributed by atoms with E-state index in [1.807, 2.05) is 6.92 Å². The lowest BCUT2D eigenvalue weighted by Gasteiger charge is -2.17. The van der Waals surface area contributed by atoms with Gasteiger partial charge in [-0.15, -0.1) is 5.10 Å². The first-order chi connectivity index (χ1) is 21.0. The van der Waals surface area contributed by atoms with Gasteiger partial charge in [-0.3, -0.25) is 0 Å². The molecule has 2 aliphatic carbocycles. The lowest BCUT2D eigenvalue weighted by Crippen LogP contribution is -2.33. The molecular weight excluding hydrogens is 487 g/mol. The maximum absolute atomic E-state index is 14.2. The molecule has 0 unspecified atom stereocenters. The van der Waals surface area contributed by atoms with Crippen molar-refractivity contribution in [3.63, 3.8) is 0 Å². The highest BCUT2D eigenvalue weighted by atomic mass is 32.2. The first kappa shape index (κ1) is 15.8. The van der Waals surface area contributed by atoms with Gasteiger partial charge in [-0.1, -0.05) is 36.0 Å². The highest BCUT2D eigenvalue weighted by Crippen LogP contribution is 2.44. The number of nitrogens with zero attached hydrogens (tertiary/aromatic N) is 5. The molecule has 6 atom stereocenters. The van der Waals surface area contributed by atoms with Gasteiger partial charge in [-0.05, 0) is 37.0 Å². The van der Waals surface area contributed by atoms with Gasteiger partial charge in [0.1, 0.15) is 18.0 Å². The van der Waals surface area contributed by atoms with Gasteiger partial charge in [0.05, 0.1) is 36.2 Å². The molecule has 194 valence electrons. The largest absolute Gasteiger partial charge is 0.394 e. The number of benzene rings is 1. The predicted molar refractivity (Wildman–Crippen MR) is 133 cm³/mol. The number of halogens is 1. The third-order valence-electron chi connectivity index (χ3n) is 5.76. The van der Waals surface area contributed by atoms with Crippen LogP contribution in [-0.2, 0) is 4.74 Å². The van der Waals surface area contributed by atoms with Crippen molar-refractivity contribution in [2.75, 3.05) is 24.2 Å². The number of ether oxygens (including phenoxy) is 1. The minimum atomic E-state index is -4.22. The number of thioether (sulfide) groups is 1. The maximum Gasteiger partial charge on any atom is 0.191 e. The van der Waals surface area contributed by atoms with Crippen LogP contribution < -0.4 is 5.32 Å². The molecule has 4 N–H and O–H groups in total. The van der Waals surface area contributed by atoms with E-state index in [1.54, 1.807) is 19.1 Å². The molecule has 2 aliphatic rings. The first-order valence-corrected chi connectivity index (χ1v) is 12.1. The minimum Gasteiger partial charge on any atom is -0.394 e. The average Bonchev–Trinajstić information content (AvgIpc) is 3.56. The monoisotopic (exact) mass is 528 g/mol. The summed E-state index contributed by atoms with van der Waals surface area (Å²) in [6, 6.07) is 0.864. The second kappa shape index (κ2) is 10.5. The highest BCUT2D eigenvalue weighted by Gasteiger charge is 2.45. The Labute approximate surface area is 226 Å². The first-order valence-electron chi connectivity index (χ1n) is 16.1. The van der Waals surface area contributed by atoms with Crippen molar-refractivity contribution in [2.24, 2.45) is 0 Å². The van der Waals surface area contributed by atoms with Crippen molar-refractivity contribution < 1.29 is 38.2 Å². The summed E-state index contributed by atoms with van der Waals surface area (Å²) in [4.78, 5) is 8.76. The third kappa shape index (κ3) is 4.92. The van der Waals surface area contributed by atoms with Gasteiger partial charge in [-0.2, -0.15) is 0 Å². The Balaban J connectivity index is 1.63. The zero-order chi connectivity index (χ0) is 34.5. The van der Waals surface area contributed by atoms with E-state index < -0.39 is 49.4 Å². The lowest BCUT2D eigenvalue weighted by molar-refractivity contribution is -0.0629. The van der Waals surface area contributed by atoms with E-state index in [9.17, 15) is 19.7 Å². The van der Waals surface area contributed by atoms with Crippen LogP contribution in [0.5, 0.6) is 0 Å². The van der Waals surface area contributed by atoms with Crippen LogP contribution >= 0.6 is 11.8 Å². The molecule has 2 heterocycles. The Morgan fingerprint density at radius 2 is 2.19 bits per heavy atom. The van der Waals surface area contributed by atoms with Crippen LogP contribution in [0.1, 0.15) is 62.9 Å². The quantitative estimate of drug-likeness (QED) is 0.229. The Bertz CT molecular complexity index is 1680. The molecule has 0 amide bonds. The Hall–Kier alpha value is -2.38. The number of fused-ring (bicyclic) bond motifs is 1. The van der Waals surface area contributed by atoms with E-state index in [1.165, 1.54) is 6.07 Å². The number of hydrogen-bond acceptors (Lipinski definition) is 10. The molecule has 0 radical (unpaired) electrons. The second-order valence-electron chi connectivity index (χ2n) is 8.29. The van der Waals surface area contributed by atoms with Crippen molar-refractivity contribution in [3.05, 3.63) is 35.1 Å². The van der Waals surface area contributed by atoms with Crippen LogP contribution in [0, 0.1) is 12.7 Å². The zero-order valence-electron chi connectivity index (χ0n) is 29.3. The van der Waals surface area contributed by atoms with E-state index in [2.05, 4.69) is 30.3 Å². The van der Waals surface area contributed by atoms with Gasteiger partial charge in [-0.25, -0.2) is 19.0 Å². The molecule has 5 rings (SSSR count). The summed E-state index contributed by atoms with van der Waals surface area (Å²) < 4.78 is 101. The van der Waals surface area contributed by atoms with Crippen LogP contribution in [0.3, 0.4) is 0 Å². The summed E-state index contributed by atoms with van der Waals surface area (Å²) in [6.07, 6.45) is -15.2. The number of aliphatic hydroxyl groups is 3. The zero-order valence-corrected chi connectivity index (χ0v) is 20.1. The van der Waals surface area contributed by atoms with Crippen LogP contribution in [-0.4, -0.2) is 83.4 Å². The fraction of sp³-hybridized carbons (Fsp3) is 0.583. The molecule has 2 aromatic heterocycles. The number of nitrogens with one attached hydrogen (secondary N) is 1. The topological polar surface area (TPSA) is 138 Å². The van der Waals surface area contributed by atoms with Crippen LogP contribution in [0.25, 0.3) is 11.2 Å². The van der Waals surface area contributed by atoms with Crippen molar-refractivity contribution in [1.82, 2.24) is 25.0 Å². The van der Waals surface area contributed by atoms with Gasteiger partial charge >= 0.3 is 0 Å². The van der Waals surface area contributed by atoms with Crippen molar-refractivity contribution in [3.8, 4) is 0 Å². The summed E-state index contributed by atoms with van der Waals surface area (Å²) in [6.45, 7) is -4.40. The van der Waals surface area contributed by atoms with Gasteiger partial charge in [0.2, 0.25) is 0 Å². The predicted octanol–water partition coefficient (Wildman–Crippen LogP) is 2.18. The number of aromatic nitrogens is 5. The Morgan fingerprint density at radius 1 is 1.36 bits per heavy atom. The van der Waals surface area contributed by atoms with E-state index in [0.29, 0.717) is 24.2 Å². The number of hydrogen-bond donors (Lipinski definition) is 4. The van der Waals surface area contributed by atoms with E-state index in [-0.39, 0.29) is 38.9 Å². The molecule has 3 aromatic rings. The molecule has 0 spiro atoms. The highest BCUT2D eigenvalue weighted by molar-refractivity contribution is 7.99. The number of aryl methyl sites for hydroxylation is 1. The fourth-order valence-corrected chi connectivity index (χ4v) is 4.48. The standard InChI is InChI=1S/C24H31FN6O4S/c1-3-8-36-24-27-22(26-16-10-14(16)13-5-4-12(2)15(25)9-13)19-23(28-24)31(30-29-19)17-11-18(35-7-6-32)21(34)20(17)33/h4-5,9,14,16-18,20-21,32-34H,3,6-8,10-11H2,1-2H3,(H,26,27,28)/t14-,16+,17+,18-,20-,21+/m0/s1/i6D2,7D2,11D2,17D,18D,20D,21D. The van der Waals surface area contributed by atoms with Crippen molar-refractivity contribution in [2.45, 2.75) is 74.4 Å². The second-order valence-corrected chi connectivity index (χ2v) is 9.36. The smallest absolute Gasteiger partial charge is 0.191 e. The minimum absolute atomic E-state index is 0.0462. The van der Waals surface area contributed by atoms with Crippen LogP contribution in [0.4, 0.5) is 10.2 Å². The lowest BCUT2D eigenvalue weighted by atomic mass is 10.1. The molecule has 10 nitrogen and oxygen atoms in total. The molecule has 36 heavy (non-hydrogen) atoms. The molecule has 0 aliphatic heterocycles. The SMILES string of the molecule is [2H]C([2H])(O)C([2H])([2H])O[C@@]1([2H])C([2H])([2H])[C@@]([2H])(n2nnc3c(N[C@@H]4C[C@H]4c4ccc(C)c(F)c4)nc(SCCC)nc32)[C@]([2H])(O)[C@]1([2H])O. The van der Waals surface area contributed by atoms with Crippen LogP contribution in [0.15, 0.2) is 23.4 Å².